The first-order valence-electron chi connectivity index (χ1n) is 10.4. The molecule has 2 aromatic rings. The molecule has 0 bridgehead atoms. The van der Waals surface area contributed by atoms with Crippen molar-refractivity contribution in [2.75, 3.05) is 50.8 Å². The summed E-state index contributed by atoms with van der Waals surface area (Å²) in [4.78, 5) is 9.30. The second-order valence-electron chi connectivity index (χ2n) is 7.16. The minimum absolute atomic E-state index is 0.277. The number of aliphatic hydroxyl groups is 1. The zero-order chi connectivity index (χ0) is 20.3. The van der Waals surface area contributed by atoms with E-state index < -0.39 is 6.10 Å². The second kappa shape index (κ2) is 11.4. The Morgan fingerprint density at radius 3 is 2.34 bits per heavy atom. The number of piperazine rings is 1. The smallest absolute Gasteiger partial charge is 0.194 e. The van der Waals surface area contributed by atoms with Gasteiger partial charge in [-0.25, -0.2) is 0 Å². The van der Waals surface area contributed by atoms with Gasteiger partial charge in [-0.1, -0.05) is 48.5 Å². The fourth-order valence-electron chi connectivity index (χ4n) is 3.37. The van der Waals surface area contributed by atoms with Gasteiger partial charge in [0, 0.05) is 38.4 Å². The van der Waals surface area contributed by atoms with Crippen LogP contribution in [0.4, 0.5) is 5.69 Å². The normalized spacial score (nSPS) is 16.0. The van der Waals surface area contributed by atoms with E-state index >= 15 is 0 Å². The molecule has 2 aromatic carbocycles. The number of anilines is 1. The van der Waals surface area contributed by atoms with Gasteiger partial charge in [-0.15, -0.1) is 0 Å². The molecule has 6 nitrogen and oxygen atoms in total. The van der Waals surface area contributed by atoms with Crippen LogP contribution in [0.3, 0.4) is 0 Å². The summed E-state index contributed by atoms with van der Waals surface area (Å²) < 4.78 is 5.62. The van der Waals surface area contributed by atoms with Crippen LogP contribution in [0.1, 0.15) is 12.5 Å². The van der Waals surface area contributed by atoms with Gasteiger partial charge in [0.25, 0.3) is 0 Å². The largest absolute Gasteiger partial charge is 0.389 e. The van der Waals surface area contributed by atoms with Crippen molar-refractivity contribution in [3.8, 4) is 0 Å². The van der Waals surface area contributed by atoms with E-state index in [1.165, 1.54) is 5.69 Å². The van der Waals surface area contributed by atoms with Crippen LogP contribution in [-0.2, 0) is 11.3 Å². The minimum atomic E-state index is -0.613. The molecule has 0 radical (unpaired) electrons. The number of guanidine groups is 1. The van der Waals surface area contributed by atoms with Gasteiger partial charge in [-0.05, 0) is 24.6 Å². The van der Waals surface area contributed by atoms with Crippen molar-refractivity contribution in [2.45, 2.75) is 19.6 Å². The minimum Gasteiger partial charge on any atom is -0.389 e. The summed E-state index contributed by atoms with van der Waals surface area (Å²) in [7, 11) is 0. The molecule has 2 N–H and O–H groups in total. The summed E-state index contributed by atoms with van der Waals surface area (Å²) in [6, 6.07) is 20.5. The Morgan fingerprint density at radius 1 is 1.03 bits per heavy atom. The monoisotopic (exact) mass is 396 g/mol. The van der Waals surface area contributed by atoms with E-state index in [1.54, 1.807) is 0 Å². The number of benzene rings is 2. The number of hydrogen-bond donors (Lipinski definition) is 2. The zero-order valence-corrected chi connectivity index (χ0v) is 17.2. The van der Waals surface area contributed by atoms with E-state index in [0.717, 1.165) is 44.2 Å². The lowest BCUT2D eigenvalue weighted by atomic mass is 10.2. The Bertz CT molecular complexity index is 731. The van der Waals surface area contributed by atoms with Gasteiger partial charge in [0.2, 0.25) is 0 Å². The maximum Gasteiger partial charge on any atom is 0.194 e. The standard InChI is InChI=1S/C23H32N4O2/c1-2-24-23(25-17-22(28)19-29-18-20-9-5-3-6-10-20)27-15-13-26(14-16-27)21-11-7-4-8-12-21/h3-12,22,28H,2,13-19H2,1H3,(H,24,25). The molecule has 1 aliphatic heterocycles. The molecular formula is C23H32N4O2. The van der Waals surface area contributed by atoms with Crippen LogP contribution in [0.5, 0.6) is 0 Å². The van der Waals surface area contributed by atoms with Gasteiger partial charge in [0.1, 0.15) is 0 Å². The number of para-hydroxylation sites is 1. The number of aliphatic hydroxyl groups excluding tert-OH is 1. The first kappa shape index (κ1) is 21.1. The summed E-state index contributed by atoms with van der Waals surface area (Å²) in [6.07, 6.45) is -0.613. The molecule has 1 saturated heterocycles. The summed E-state index contributed by atoms with van der Waals surface area (Å²) in [5.41, 5.74) is 2.37. The lowest BCUT2D eigenvalue weighted by molar-refractivity contribution is 0.0330. The average molecular weight is 397 g/mol. The number of nitrogens with one attached hydrogen (secondary N) is 1. The topological polar surface area (TPSA) is 60.3 Å². The highest BCUT2D eigenvalue weighted by molar-refractivity contribution is 5.80. The van der Waals surface area contributed by atoms with Crippen LogP contribution in [0, 0.1) is 0 Å². The van der Waals surface area contributed by atoms with Crippen molar-refractivity contribution in [1.82, 2.24) is 10.2 Å². The second-order valence-corrected chi connectivity index (χ2v) is 7.16. The van der Waals surface area contributed by atoms with Gasteiger partial charge in [0.05, 0.1) is 25.9 Å². The molecule has 0 aliphatic carbocycles. The molecule has 156 valence electrons. The van der Waals surface area contributed by atoms with Crippen molar-refractivity contribution in [3.05, 3.63) is 66.2 Å². The predicted molar refractivity (Wildman–Crippen MR) is 118 cm³/mol. The quantitative estimate of drug-likeness (QED) is 0.530. The molecule has 3 rings (SSSR count). The lowest BCUT2D eigenvalue weighted by Crippen LogP contribution is -2.52. The number of ether oxygens (including phenoxy) is 1. The highest BCUT2D eigenvalue weighted by Gasteiger charge is 2.20. The van der Waals surface area contributed by atoms with Gasteiger partial charge >= 0.3 is 0 Å². The predicted octanol–water partition coefficient (Wildman–Crippen LogP) is 2.35. The van der Waals surface area contributed by atoms with Crippen LogP contribution in [-0.4, -0.2) is 67.9 Å². The van der Waals surface area contributed by atoms with Crippen molar-refractivity contribution in [3.63, 3.8) is 0 Å². The van der Waals surface area contributed by atoms with E-state index in [1.807, 2.05) is 36.4 Å². The maximum absolute atomic E-state index is 10.2. The molecule has 29 heavy (non-hydrogen) atoms. The lowest BCUT2D eigenvalue weighted by Gasteiger charge is -2.37. The van der Waals surface area contributed by atoms with Crippen LogP contribution < -0.4 is 10.2 Å². The van der Waals surface area contributed by atoms with Gasteiger partial charge in [-0.2, -0.15) is 0 Å². The van der Waals surface area contributed by atoms with E-state index in [9.17, 15) is 5.11 Å². The van der Waals surface area contributed by atoms with Crippen LogP contribution in [0.2, 0.25) is 0 Å². The Balaban J connectivity index is 1.45. The number of nitrogens with zero attached hydrogens (tertiary/aromatic N) is 3. The molecule has 1 atom stereocenters. The first-order valence-corrected chi connectivity index (χ1v) is 10.4. The molecule has 6 heteroatoms. The molecule has 1 fully saturated rings. The SMILES string of the molecule is CCNC(=NCC(O)COCc1ccccc1)N1CCN(c2ccccc2)CC1. The molecule has 0 spiro atoms. The maximum atomic E-state index is 10.2. The summed E-state index contributed by atoms with van der Waals surface area (Å²) in [5.74, 6) is 0.863. The third-order valence-corrected chi connectivity index (χ3v) is 4.91. The highest BCUT2D eigenvalue weighted by Crippen LogP contribution is 2.15. The molecule has 1 aliphatic rings. The number of rotatable bonds is 8. The van der Waals surface area contributed by atoms with Gasteiger partial charge in [0.15, 0.2) is 5.96 Å². The molecular weight excluding hydrogens is 364 g/mol. The molecule has 0 aromatic heterocycles. The van der Waals surface area contributed by atoms with E-state index in [-0.39, 0.29) is 6.61 Å². The summed E-state index contributed by atoms with van der Waals surface area (Å²) in [5, 5.41) is 13.6. The average Bonchev–Trinajstić information content (AvgIpc) is 2.78. The third-order valence-electron chi connectivity index (χ3n) is 4.91. The molecule has 0 amide bonds. The van der Waals surface area contributed by atoms with Crippen molar-refractivity contribution < 1.29 is 9.84 Å². The Labute approximate surface area is 173 Å². The third kappa shape index (κ3) is 6.76. The van der Waals surface area contributed by atoms with Crippen LogP contribution in [0.25, 0.3) is 0 Å². The van der Waals surface area contributed by atoms with Crippen molar-refractivity contribution >= 4 is 11.6 Å². The van der Waals surface area contributed by atoms with Gasteiger partial charge in [-0.3, -0.25) is 4.99 Å². The van der Waals surface area contributed by atoms with E-state index in [0.29, 0.717) is 13.2 Å². The molecule has 1 unspecified atom stereocenters. The first-order chi connectivity index (χ1) is 14.3. The van der Waals surface area contributed by atoms with Gasteiger partial charge < -0.3 is 25.0 Å². The molecule has 0 saturated carbocycles. The Kier molecular flexibility index (Phi) is 8.34. The fraction of sp³-hybridized carbons (Fsp3) is 0.435. The Morgan fingerprint density at radius 2 is 1.69 bits per heavy atom. The highest BCUT2D eigenvalue weighted by atomic mass is 16.5. The number of aliphatic imine (C=N–C) groups is 1. The van der Waals surface area contributed by atoms with Crippen molar-refractivity contribution in [1.29, 1.82) is 0 Å². The van der Waals surface area contributed by atoms with Crippen LogP contribution in [0.15, 0.2) is 65.7 Å². The van der Waals surface area contributed by atoms with E-state index in [2.05, 4.69) is 51.3 Å². The summed E-state index contributed by atoms with van der Waals surface area (Å²) >= 11 is 0. The van der Waals surface area contributed by atoms with Crippen LogP contribution >= 0.6 is 0 Å². The molecule has 1 heterocycles. The summed E-state index contributed by atoms with van der Waals surface area (Å²) in [6.45, 7) is 7.70. The Hall–Kier alpha value is -2.57. The van der Waals surface area contributed by atoms with E-state index in [4.69, 9.17) is 4.74 Å². The van der Waals surface area contributed by atoms with Crippen molar-refractivity contribution in [2.24, 2.45) is 4.99 Å². The zero-order valence-electron chi connectivity index (χ0n) is 17.2. The fourth-order valence-corrected chi connectivity index (χ4v) is 3.37. The number of hydrogen-bond acceptors (Lipinski definition) is 4.